The van der Waals surface area contributed by atoms with E-state index in [1.54, 1.807) is 17.2 Å². The fourth-order valence-electron chi connectivity index (χ4n) is 2.56. The van der Waals surface area contributed by atoms with Crippen molar-refractivity contribution in [3.05, 3.63) is 48.3 Å². The standard InChI is InChI=1S/C15H15N7/c1-10-4-3-5-13-20-11(8-22(10)13)6-16-14-12-7-19-21(2)15(12)18-9-17-14/h3-5,7-9H,6H2,1-2H3,(H,16,17,18). The highest BCUT2D eigenvalue weighted by molar-refractivity contribution is 5.85. The van der Waals surface area contributed by atoms with Gasteiger partial charge in [0.25, 0.3) is 0 Å². The van der Waals surface area contributed by atoms with E-state index in [2.05, 4.69) is 42.8 Å². The van der Waals surface area contributed by atoms with Gasteiger partial charge in [0.05, 0.1) is 23.8 Å². The van der Waals surface area contributed by atoms with Crippen LogP contribution in [0.3, 0.4) is 0 Å². The van der Waals surface area contributed by atoms with E-state index in [1.807, 2.05) is 25.4 Å². The molecule has 4 aromatic rings. The van der Waals surface area contributed by atoms with Crippen molar-refractivity contribution in [1.82, 2.24) is 29.1 Å². The summed E-state index contributed by atoms with van der Waals surface area (Å²) in [7, 11) is 1.87. The lowest BCUT2D eigenvalue weighted by atomic mass is 10.3. The van der Waals surface area contributed by atoms with Crippen LogP contribution in [0, 0.1) is 6.92 Å². The van der Waals surface area contributed by atoms with E-state index < -0.39 is 0 Å². The van der Waals surface area contributed by atoms with Gasteiger partial charge in [0.15, 0.2) is 5.65 Å². The smallest absolute Gasteiger partial charge is 0.163 e. The average molecular weight is 293 g/mol. The molecule has 0 fully saturated rings. The first kappa shape index (κ1) is 12.8. The summed E-state index contributed by atoms with van der Waals surface area (Å²) in [5.74, 6) is 0.770. The van der Waals surface area contributed by atoms with E-state index in [9.17, 15) is 0 Å². The number of hydrogen-bond acceptors (Lipinski definition) is 5. The summed E-state index contributed by atoms with van der Waals surface area (Å²) in [6.07, 6.45) is 5.35. The second-order valence-electron chi connectivity index (χ2n) is 5.21. The molecule has 1 N–H and O–H groups in total. The lowest BCUT2D eigenvalue weighted by Gasteiger charge is -2.04. The molecular weight excluding hydrogens is 278 g/mol. The number of pyridine rings is 1. The van der Waals surface area contributed by atoms with Crippen molar-refractivity contribution in [3.63, 3.8) is 0 Å². The van der Waals surface area contributed by atoms with Crippen LogP contribution in [0.25, 0.3) is 16.7 Å². The van der Waals surface area contributed by atoms with E-state index in [4.69, 9.17) is 0 Å². The van der Waals surface area contributed by atoms with Crippen LogP contribution in [0.4, 0.5) is 5.82 Å². The number of rotatable bonds is 3. The van der Waals surface area contributed by atoms with Gasteiger partial charge in [-0.3, -0.25) is 4.68 Å². The maximum atomic E-state index is 4.61. The Morgan fingerprint density at radius 1 is 1.23 bits per heavy atom. The third kappa shape index (κ3) is 1.98. The van der Waals surface area contributed by atoms with Crippen molar-refractivity contribution in [2.75, 3.05) is 5.32 Å². The molecule has 4 aromatic heterocycles. The number of aromatic nitrogens is 6. The first-order valence-electron chi connectivity index (χ1n) is 7.02. The van der Waals surface area contributed by atoms with Crippen LogP contribution >= 0.6 is 0 Å². The zero-order valence-corrected chi connectivity index (χ0v) is 12.4. The minimum atomic E-state index is 0.599. The summed E-state index contributed by atoms with van der Waals surface area (Å²) in [5, 5.41) is 8.44. The molecule has 0 aromatic carbocycles. The molecule has 0 saturated heterocycles. The van der Waals surface area contributed by atoms with Crippen molar-refractivity contribution >= 4 is 22.5 Å². The van der Waals surface area contributed by atoms with E-state index in [-0.39, 0.29) is 0 Å². The third-order valence-corrected chi connectivity index (χ3v) is 3.71. The predicted molar refractivity (Wildman–Crippen MR) is 83.6 cm³/mol. The maximum absolute atomic E-state index is 4.61. The quantitative estimate of drug-likeness (QED) is 0.625. The Morgan fingerprint density at radius 3 is 3.00 bits per heavy atom. The first-order valence-corrected chi connectivity index (χ1v) is 7.02. The lowest BCUT2D eigenvalue weighted by Crippen LogP contribution is -2.03. The second-order valence-corrected chi connectivity index (χ2v) is 5.21. The topological polar surface area (TPSA) is 72.9 Å². The van der Waals surface area contributed by atoms with Crippen molar-refractivity contribution in [2.45, 2.75) is 13.5 Å². The van der Waals surface area contributed by atoms with Crippen LogP contribution in [0.15, 0.2) is 36.9 Å². The van der Waals surface area contributed by atoms with E-state index in [1.165, 1.54) is 0 Å². The van der Waals surface area contributed by atoms with Crippen molar-refractivity contribution in [2.24, 2.45) is 7.05 Å². The van der Waals surface area contributed by atoms with Crippen LogP contribution in [-0.2, 0) is 13.6 Å². The van der Waals surface area contributed by atoms with Crippen LogP contribution in [0.2, 0.25) is 0 Å². The number of fused-ring (bicyclic) bond motifs is 2. The summed E-state index contributed by atoms with van der Waals surface area (Å²) in [6.45, 7) is 2.66. The van der Waals surface area contributed by atoms with Crippen LogP contribution in [-0.4, -0.2) is 29.1 Å². The van der Waals surface area contributed by atoms with Gasteiger partial charge in [-0.15, -0.1) is 0 Å². The zero-order valence-electron chi connectivity index (χ0n) is 12.4. The van der Waals surface area contributed by atoms with Gasteiger partial charge in [-0.25, -0.2) is 15.0 Å². The number of anilines is 1. The molecule has 0 saturated carbocycles. The van der Waals surface area contributed by atoms with Crippen LogP contribution in [0.1, 0.15) is 11.4 Å². The molecule has 7 nitrogen and oxygen atoms in total. The second kappa shape index (κ2) is 4.80. The normalized spacial score (nSPS) is 11.4. The Hall–Kier alpha value is -2.96. The number of aryl methyl sites for hydroxylation is 2. The summed E-state index contributed by atoms with van der Waals surface area (Å²) in [6, 6.07) is 6.08. The van der Waals surface area contributed by atoms with E-state index in [0.29, 0.717) is 6.54 Å². The first-order chi connectivity index (χ1) is 10.7. The molecule has 22 heavy (non-hydrogen) atoms. The zero-order chi connectivity index (χ0) is 15.1. The largest absolute Gasteiger partial charge is 0.364 e. The van der Waals surface area contributed by atoms with Gasteiger partial charge in [0.1, 0.15) is 17.8 Å². The minimum absolute atomic E-state index is 0.599. The number of nitrogens with zero attached hydrogens (tertiary/aromatic N) is 6. The maximum Gasteiger partial charge on any atom is 0.163 e. The van der Waals surface area contributed by atoms with Gasteiger partial charge < -0.3 is 9.72 Å². The van der Waals surface area contributed by atoms with E-state index in [0.717, 1.165) is 33.9 Å². The lowest BCUT2D eigenvalue weighted by molar-refractivity contribution is 0.785. The fraction of sp³-hybridized carbons (Fsp3) is 0.200. The van der Waals surface area contributed by atoms with Gasteiger partial charge in [0, 0.05) is 18.9 Å². The third-order valence-electron chi connectivity index (χ3n) is 3.71. The molecule has 0 unspecified atom stereocenters. The SMILES string of the molecule is Cc1cccc2nc(CNc3ncnc4c3cnn4C)cn12. The Balaban J connectivity index is 1.64. The van der Waals surface area contributed by atoms with Crippen LogP contribution < -0.4 is 5.32 Å². The molecule has 0 aliphatic rings. The molecule has 0 spiro atoms. The molecule has 4 rings (SSSR count). The van der Waals surface area contributed by atoms with Gasteiger partial charge in [-0.05, 0) is 19.1 Å². The molecule has 0 aliphatic carbocycles. The predicted octanol–water partition coefficient (Wildman–Crippen LogP) is 1.93. The summed E-state index contributed by atoms with van der Waals surface area (Å²) in [4.78, 5) is 13.1. The molecule has 110 valence electrons. The number of imidazole rings is 1. The van der Waals surface area contributed by atoms with Gasteiger partial charge in [-0.2, -0.15) is 5.10 Å². The molecule has 0 atom stereocenters. The fourth-order valence-corrected chi connectivity index (χ4v) is 2.56. The average Bonchev–Trinajstić information content (AvgIpc) is 3.11. The highest BCUT2D eigenvalue weighted by Crippen LogP contribution is 2.18. The molecule has 0 radical (unpaired) electrons. The number of hydrogen-bond donors (Lipinski definition) is 1. The molecule has 7 heteroatoms. The van der Waals surface area contributed by atoms with Crippen molar-refractivity contribution in [3.8, 4) is 0 Å². The van der Waals surface area contributed by atoms with Crippen molar-refractivity contribution in [1.29, 1.82) is 0 Å². The van der Waals surface area contributed by atoms with Crippen molar-refractivity contribution < 1.29 is 0 Å². The highest BCUT2D eigenvalue weighted by Gasteiger charge is 2.08. The Morgan fingerprint density at radius 2 is 2.14 bits per heavy atom. The minimum Gasteiger partial charge on any atom is -0.364 e. The Labute approximate surface area is 126 Å². The molecule has 0 aliphatic heterocycles. The molecule has 0 amide bonds. The Bertz CT molecular complexity index is 967. The highest BCUT2D eigenvalue weighted by atomic mass is 15.3. The van der Waals surface area contributed by atoms with Gasteiger partial charge >= 0.3 is 0 Å². The summed E-state index contributed by atoms with van der Waals surface area (Å²) >= 11 is 0. The molecular formula is C15H15N7. The monoisotopic (exact) mass is 293 g/mol. The van der Waals surface area contributed by atoms with Crippen LogP contribution in [0.5, 0.6) is 0 Å². The van der Waals surface area contributed by atoms with E-state index >= 15 is 0 Å². The summed E-state index contributed by atoms with van der Waals surface area (Å²) in [5.41, 5.74) is 3.88. The van der Waals surface area contributed by atoms with Gasteiger partial charge in [-0.1, -0.05) is 6.07 Å². The summed E-state index contributed by atoms with van der Waals surface area (Å²) < 4.78 is 3.81. The Kier molecular flexibility index (Phi) is 2.78. The van der Waals surface area contributed by atoms with Gasteiger partial charge in [0.2, 0.25) is 0 Å². The molecule has 0 bridgehead atoms. The number of nitrogens with one attached hydrogen (secondary N) is 1. The molecule has 4 heterocycles.